The molecule has 2 rings (SSSR count). The van der Waals surface area contributed by atoms with Gasteiger partial charge in [0.1, 0.15) is 17.5 Å². The van der Waals surface area contributed by atoms with Crippen molar-refractivity contribution in [1.82, 2.24) is 9.97 Å². The molecule has 1 aromatic carbocycles. The zero-order chi connectivity index (χ0) is 15.4. The average Bonchev–Trinajstić information content (AvgIpc) is 2.49. The van der Waals surface area contributed by atoms with Crippen molar-refractivity contribution in [2.45, 2.75) is 33.6 Å². The Labute approximate surface area is 127 Å². The smallest absolute Gasteiger partial charge is 0.141 e. The van der Waals surface area contributed by atoms with E-state index in [9.17, 15) is 0 Å². The highest BCUT2D eigenvalue weighted by Crippen LogP contribution is 2.28. The lowest BCUT2D eigenvalue weighted by Crippen LogP contribution is -2.16. The summed E-state index contributed by atoms with van der Waals surface area (Å²) in [5.74, 6) is 2.76. The quantitative estimate of drug-likeness (QED) is 0.905. The summed E-state index contributed by atoms with van der Waals surface area (Å²) in [4.78, 5) is 11.4. The molecule has 0 spiro atoms. The van der Waals surface area contributed by atoms with Gasteiger partial charge in [0.2, 0.25) is 0 Å². The lowest BCUT2D eigenvalue weighted by atomic mass is 10.2. The van der Waals surface area contributed by atoms with Crippen molar-refractivity contribution in [3.8, 4) is 0 Å². The van der Waals surface area contributed by atoms with Crippen LogP contribution in [0.3, 0.4) is 0 Å². The van der Waals surface area contributed by atoms with Crippen LogP contribution in [-0.2, 0) is 6.42 Å². The molecule has 0 atom stereocenters. The van der Waals surface area contributed by atoms with Crippen LogP contribution in [0.1, 0.15) is 30.3 Å². The van der Waals surface area contributed by atoms with Crippen molar-refractivity contribution in [3.63, 3.8) is 0 Å². The molecular weight excluding hydrogens is 260 g/mol. The number of rotatable bonds is 5. The van der Waals surface area contributed by atoms with Crippen LogP contribution in [0.2, 0.25) is 0 Å². The van der Waals surface area contributed by atoms with Gasteiger partial charge in [0.05, 0.1) is 0 Å². The van der Waals surface area contributed by atoms with Gasteiger partial charge in [-0.1, -0.05) is 24.6 Å². The van der Waals surface area contributed by atoms with E-state index in [1.54, 1.807) is 0 Å². The predicted molar refractivity (Wildman–Crippen MR) is 89.6 cm³/mol. The number of aromatic nitrogens is 2. The predicted octanol–water partition coefficient (Wildman–Crippen LogP) is 3.86. The number of aryl methyl sites for hydroxylation is 2. The van der Waals surface area contributed by atoms with Crippen LogP contribution in [0.25, 0.3) is 0 Å². The van der Waals surface area contributed by atoms with E-state index >= 15 is 0 Å². The lowest BCUT2D eigenvalue weighted by molar-refractivity contribution is 0.828. The van der Waals surface area contributed by atoms with Crippen LogP contribution >= 0.6 is 0 Å². The molecule has 21 heavy (non-hydrogen) atoms. The van der Waals surface area contributed by atoms with E-state index < -0.39 is 0 Å². The molecular formula is C17H24N4. The van der Waals surface area contributed by atoms with Crippen molar-refractivity contribution in [2.24, 2.45) is 0 Å². The first-order valence-corrected chi connectivity index (χ1v) is 7.42. The Balaban J connectivity index is 2.45. The topological polar surface area (TPSA) is 41.1 Å². The minimum absolute atomic E-state index is 0.890. The monoisotopic (exact) mass is 284 g/mol. The van der Waals surface area contributed by atoms with Crippen molar-refractivity contribution in [2.75, 3.05) is 24.3 Å². The third-order valence-corrected chi connectivity index (χ3v) is 3.62. The van der Waals surface area contributed by atoms with Crippen LogP contribution in [0.15, 0.2) is 24.3 Å². The van der Waals surface area contributed by atoms with Crippen LogP contribution in [-0.4, -0.2) is 24.1 Å². The molecule has 1 heterocycles. The Morgan fingerprint density at radius 2 is 1.76 bits per heavy atom. The van der Waals surface area contributed by atoms with E-state index in [0.29, 0.717) is 0 Å². The van der Waals surface area contributed by atoms with Crippen LogP contribution in [0.5, 0.6) is 0 Å². The fourth-order valence-electron chi connectivity index (χ4n) is 2.35. The minimum atomic E-state index is 0.890. The number of nitrogens with zero attached hydrogens (tertiary/aromatic N) is 3. The highest BCUT2D eigenvalue weighted by Gasteiger charge is 2.14. The van der Waals surface area contributed by atoms with Gasteiger partial charge >= 0.3 is 0 Å². The molecule has 0 radical (unpaired) electrons. The highest BCUT2D eigenvalue weighted by atomic mass is 15.2. The summed E-state index contributed by atoms with van der Waals surface area (Å²) in [5, 5.41) is 3.17. The van der Waals surface area contributed by atoms with E-state index in [1.165, 1.54) is 5.56 Å². The van der Waals surface area contributed by atoms with Crippen LogP contribution in [0.4, 0.5) is 17.3 Å². The van der Waals surface area contributed by atoms with Crippen molar-refractivity contribution >= 4 is 17.3 Å². The summed E-state index contributed by atoms with van der Waals surface area (Å²) >= 11 is 0. The number of nitrogens with one attached hydrogen (secondary N) is 1. The molecule has 0 aliphatic heterocycles. The first kappa shape index (κ1) is 15.3. The third kappa shape index (κ3) is 3.32. The Kier molecular flexibility index (Phi) is 4.78. The maximum Gasteiger partial charge on any atom is 0.141 e. The summed E-state index contributed by atoms with van der Waals surface area (Å²) in [6.07, 6.45) is 1.93. The average molecular weight is 284 g/mol. The summed E-state index contributed by atoms with van der Waals surface area (Å²) in [6.45, 7) is 6.30. The zero-order valence-corrected chi connectivity index (χ0v) is 13.6. The number of benzene rings is 1. The Hall–Kier alpha value is -2.10. The van der Waals surface area contributed by atoms with Gasteiger partial charge in [0.15, 0.2) is 0 Å². The maximum absolute atomic E-state index is 4.74. The molecule has 0 unspecified atom stereocenters. The third-order valence-electron chi connectivity index (χ3n) is 3.62. The van der Waals surface area contributed by atoms with Gasteiger partial charge in [-0.25, -0.2) is 9.97 Å². The fraction of sp³-hybridized carbons (Fsp3) is 0.412. The molecule has 4 nitrogen and oxygen atoms in total. The zero-order valence-electron chi connectivity index (χ0n) is 13.6. The minimum Gasteiger partial charge on any atom is -0.373 e. The molecule has 1 aromatic heterocycles. The van der Waals surface area contributed by atoms with Gasteiger partial charge in [0, 0.05) is 31.8 Å². The van der Waals surface area contributed by atoms with Crippen molar-refractivity contribution in [1.29, 1.82) is 0 Å². The molecule has 0 saturated heterocycles. The second-order valence-corrected chi connectivity index (χ2v) is 5.33. The number of anilines is 3. The normalized spacial score (nSPS) is 10.5. The van der Waals surface area contributed by atoms with E-state index in [4.69, 9.17) is 4.98 Å². The number of hydrogen-bond donors (Lipinski definition) is 1. The van der Waals surface area contributed by atoms with E-state index in [-0.39, 0.29) is 0 Å². The van der Waals surface area contributed by atoms with Crippen molar-refractivity contribution in [3.05, 3.63) is 41.2 Å². The Morgan fingerprint density at radius 1 is 1.10 bits per heavy atom. The number of hydrogen-bond acceptors (Lipinski definition) is 4. The fourth-order valence-corrected chi connectivity index (χ4v) is 2.35. The highest BCUT2D eigenvalue weighted by molar-refractivity contribution is 5.66. The van der Waals surface area contributed by atoms with E-state index in [0.717, 1.165) is 41.6 Å². The SMILES string of the molecule is CCCc1nc(NC)c(C)c(N(C)c2ccc(C)cc2)n1. The maximum atomic E-state index is 4.74. The van der Waals surface area contributed by atoms with Gasteiger partial charge in [-0.3, -0.25) is 0 Å². The standard InChI is InChI=1S/C17H24N4/c1-6-7-15-19-16(18-4)13(3)17(20-15)21(5)14-10-8-12(2)9-11-14/h8-11H,6-7H2,1-5H3,(H,18,19,20). The molecule has 112 valence electrons. The lowest BCUT2D eigenvalue weighted by Gasteiger charge is -2.22. The largest absolute Gasteiger partial charge is 0.373 e. The Bertz CT molecular complexity index is 605. The van der Waals surface area contributed by atoms with Crippen LogP contribution < -0.4 is 10.2 Å². The second-order valence-electron chi connectivity index (χ2n) is 5.33. The molecule has 4 heteroatoms. The van der Waals surface area contributed by atoms with Crippen LogP contribution in [0, 0.1) is 13.8 Å². The summed E-state index contributed by atoms with van der Waals surface area (Å²) in [5.41, 5.74) is 3.46. The molecule has 1 N–H and O–H groups in total. The van der Waals surface area contributed by atoms with Crippen molar-refractivity contribution < 1.29 is 0 Å². The summed E-state index contributed by atoms with van der Waals surface area (Å²) in [7, 11) is 3.95. The van der Waals surface area contributed by atoms with E-state index in [2.05, 4.69) is 67.3 Å². The Morgan fingerprint density at radius 3 is 2.33 bits per heavy atom. The molecule has 2 aromatic rings. The van der Waals surface area contributed by atoms with Gasteiger partial charge in [-0.05, 0) is 32.4 Å². The molecule has 0 saturated carbocycles. The van der Waals surface area contributed by atoms with Gasteiger partial charge < -0.3 is 10.2 Å². The summed E-state index contributed by atoms with van der Waals surface area (Å²) in [6, 6.07) is 8.48. The molecule has 0 bridgehead atoms. The van der Waals surface area contributed by atoms with E-state index in [1.807, 2.05) is 7.05 Å². The first-order chi connectivity index (χ1) is 10.1. The van der Waals surface area contributed by atoms with Gasteiger partial charge in [-0.2, -0.15) is 0 Å². The second kappa shape index (κ2) is 6.57. The van der Waals surface area contributed by atoms with Gasteiger partial charge in [-0.15, -0.1) is 0 Å². The molecule has 0 amide bonds. The molecule has 0 aliphatic carbocycles. The first-order valence-electron chi connectivity index (χ1n) is 7.42. The molecule has 0 aliphatic rings. The van der Waals surface area contributed by atoms with Gasteiger partial charge in [0.25, 0.3) is 0 Å². The molecule has 0 fully saturated rings. The summed E-state index contributed by atoms with van der Waals surface area (Å²) < 4.78 is 0.